The van der Waals surface area contributed by atoms with Crippen LogP contribution in [0.4, 0.5) is 0 Å². The van der Waals surface area contributed by atoms with E-state index in [0.717, 1.165) is 31.9 Å². The fourth-order valence-corrected chi connectivity index (χ4v) is 2.37. The van der Waals surface area contributed by atoms with Gasteiger partial charge in [-0.3, -0.25) is 0 Å². The van der Waals surface area contributed by atoms with Crippen LogP contribution < -0.4 is 10.1 Å². The highest BCUT2D eigenvalue weighted by Crippen LogP contribution is 2.31. The van der Waals surface area contributed by atoms with Crippen molar-refractivity contribution in [2.24, 2.45) is 5.92 Å². The van der Waals surface area contributed by atoms with Crippen LogP contribution in [0.1, 0.15) is 37.8 Å². The molecule has 1 aliphatic heterocycles. The maximum atomic E-state index is 5.55. The van der Waals surface area contributed by atoms with Crippen LogP contribution in [0.5, 0.6) is 5.75 Å². The van der Waals surface area contributed by atoms with Crippen LogP contribution in [0, 0.1) is 5.92 Å². The topological polar surface area (TPSA) is 21.3 Å². The molecule has 0 bridgehead atoms. The second-order valence-corrected chi connectivity index (χ2v) is 5.04. The van der Waals surface area contributed by atoms with Crippen LogP contribution >= 0.6 is 0 Å². The van der Waals surface area contributed by atoms with E-state index in [-0.39, 0.29) is 0 Å². The third-order valence-corrected chi connectivity index (χ3v) is 3.81. The van der Waals surface area contributed by atoms with E-state index < -0.39 is 0 Å². The predicted molar refractivity (Wildman–Crippen MR) is 71.8 cm³/mol. The molecule has 17 heavy (non-hydrogen) atoms. The van der Waals surface area contributed by atoms with Gasteiger partial charge >= 0.3 is 0 Å². The summed E-state index contributed by atoms with van der Waals surface area (Å²) < 4.78 is 5.55. The maximum Gasteiger partial charge on any atom is 0.122 e. The number of rotatable bonds is 5. The van der Waals surface area contributed by atoms with Gasteiger partial charge in [0.05, 0.1) is 6.61 Å². The Morgan fingerprint density at radius 1 is 1.35 bits per heavy atom. The molecule has 0 amide bonds. The highest BCUT2D eigenvalue weighted by atomic mass is 16.5. The second kappa shape index (κ2) is 5.54. The van der Waals surface area contributed by atoms with E-state index in [0.29, 0.717) is 11.8 Å². The molecule has 2 heteroatoms. The van der Waals surface area contributed by atoms with Crippen molar-refractivity contribution in [3.8, 4) is 5.75 Å². The normalized spacial score (nSPS) is 17.4. The second-order valence-electron chi connectivity index (χ2n) is 5.04. The molecule has 1 aromatic rings. The van der Waals surface area contributed by atoms with Gasteiger partial charge in [0.2, 0.25) is 0 Å². The summed E-state index contributed by atoms with van der Waals surface area (Å²) in [5.41, 5.74) is 2.82. The van der Waals surface area contributed by atoms with Crippen LogP contribution in [0.2, 0.25) is 0 Å². The number of hydrogen-bond acceptors (Lipinski definition) is 2. The molecule has 0 spiro atoms. The number of nitrogens with one attached hydrogen (secondary N) is 1. The van der Waals surface area contributed by atoms with Gasteiger partial charge in [0.15, 0.2) is 0 Å². The van der Waals surface area contributed by atoms with Gasteiger partial charge in [-0.15, -0.1) is 0 Å². The third kappa shape index (κ3) is 2.81. The third-order valence-electron chi connectivity index (χ3n) is 3.81. The average Bonchev–Trinajstić information content (AvgIpc) is 2.81. The van der Waals surface area contributed by atoms with E-state index in [9.17, 15) is 0 Å². The molecule has 1 heterocycles. The number of hydrogen-bond donors (Lipinski definition) is 1. The zero-order valence-corrected chi connectivity index (χ0v) is 11.1. The van der Waals surface area contributed by atoms with Crippen molar-refractivity contribution in [2.75, 3.05) is 19.7 Å². The first kappa shape index (κ1) is 12.4. The average molecular weight is 233 g/mol. The summed E-state index contributed by atoms with van der Waals surface area (Å²) in [7, 11) is 0. The van der Waals surface area contributed by atoms with Crippen LogP contribution in [-0.2, 0) is 6.42 Å². The Morgan fingerprint density at radius 3 is 2.94 bits per heavy atom. The van der Waals surface area contributed by atoms with Crippen molar-refractivity contribution in [1.82, 2.24) is 5.32 Å². The van der Waals surface area contributed by atoms with Gasteiger partial charge in [0, 0.05) is 6.42 Å². The number of fused-ring (bicyclic) bond motifs is 1. The fraction of sp³-hybridized carbons (Fsp3) is 0.600. The van der Waals surface area contributed by atoms with Gasteiger partial charge in [-0.1, -0.05) is 32.9 Å². The summed E-state index contributed by atoms with van der Waals surface area (Å²) in [4.78, 5) is 0. The largest absolute Gasteiger partial charge is 0.493 e. The zero-order chi connectivity index (χ0) is 12.3. The Kier molecular flexibility index (Phi) is 4.06. The zero-order valence-electron chi connectivity index (χ0n) is 11.1. The molecule has 0 saturated carbocycles. The molecule has 0 radical (unpaired) electrons. The van der Waals surface area contributed by atoms with Gasteiger partial charge in [0.25, 0.3) is 0 Å². The highest BCUT2D eigenvalue weighted by Gasteiger charge is 2.17. The minimum Gasteiger partial charge on any atom is -0.493 e. The van der Waals surface area contributed by atoms with Crippen molar-refractivity contribution in [3.63, 3.8) is 0 Å². The lowest BCUT2D eigenvalue weighted by atomic mass is 9.88. The Hall–Kier alpha value is -1.02. The van der Waals surface area contributed by atoms with Crippen LogP contribution in [0.3, 0.4) is 0 Å². The monoisotopic (exact) mass is 233 g/mol. The minimum absolute atomic E-state index is 0.597. The minimum atomic E-state index is 0.597. The standard InChI is InChI=1S/C15H23NO/c1-4-16-10-11(2)12(3)13-5-6-15-14(9-13)7-8-17-15/h5-6,9,11-12,16H,4,7-8,10H2,1-3H3. The SMILES string of the molecule is CCNCC(C)C(C)c1ccc2c(c1)CCO2. The molecule has 1 aromatic carbocycles. The molecule has 2 atom stereocenters. The molecule has 0 saturated heterocycles. The smallest absolute Gasteiger partial charge is 0.122 e. The van der Waals surface area contributed by atoms with Gasteiger partial charge in [-0.05, 0) is 42.1 Å². The first-order chi connectivity index (χ1) is 8.22. The molecular weight excluding hydrogens is 210 g/mol. The Bertz CT molecular complexity index is 375. The molecule has 2 rings (SSSR count). The van der Waals surface area contributed by atoms with Crippen molar-refractivity contribution >= 4 is 0 Å². The van der Waals surface area contributed by atoms with Crippen LogP contribution in [0.15, 0.2) is 18.2 Å². The number of ether oxygens (including phenoxy) is 1. The van der Waals surface area contributed by atoms with Crippen LogP contribution in [-0.4, -0.2) is 19.7 Å². The Morgan fingerprint density at radius 2 is 2.18 bits per heavy atom. The van der Waals surface area contributed by atoms with E-state index in [1.54, 1.807) is 0 Å². The Balaban J connectivity index is 2.06. The lowest BCUT2D eigenvalue weighted by molar-refractivity contribution is 0.356. The molecule has 94 valence electrons. The van der Waals surface area contributed by atoms with E-state index in [4.69, 9.17) is 4.74 Å². The molecular formula is C15H23NO. The summed E-state index contributed by atoms with van der Waals surface area (Å²) in [6.45, 7) is 9.78. The van der Waals surface area contributed by atoms with Crippen molar-refractivity contribution in [1.29, 1.82) is 0 Å². The molecule has 0 fully saturated rings. The molecule has 0 aliphatic carbocycles. The van der Waals surface area contributed by atoms with E-state index >= 15 is 0 Å². The van der Waals surface area contributed by atoms with Gasteiger partial charge in [0.1, 0.15) is 5.75 Å². The summed E-state index contributed by atoms with van der Waals surface area (Å²) in [5, 5.41) is 3.43. The quantitative estimate of drug-likeness (QED) is 0.844. The predicted octanol–water partition coefficient (Wildman–Crippen LogP) is 2.97. The summed E-state index contributed by atoms with van der Waals surface area (Å²) in [6.07, 6.45) is 1.07. The molecule has 0 aromatic heterocycles. The first-order valence-electron chi connectivity index (χ1n) is 6.68. The Labute approximate surface area is 104 Å². The lowest BCUT2D eigenvalue weighted by Crippen LogP contribution is -2.24. The molecule has 2 nitrogen and oxygen atoms in total. The molecule has 1 N–H and O–H groups in total. The lowest BCUT2D eigenvalue weighted by Gasteiger charge is -2.21. The van der Waals surface area contributed by atoms with Crippen molar-refractivity contribution < 1.29 is 4.74 Å². The first-order valence-corrected chi connectivity index (χ1v) is 6.68. The van der Waals surface area contributed by atoms with Crippen molar-refractivity contribution in [2.45, 2.75) is 33.1 Å². The van der Waals surface area contributed by atoms with Crippen LogP contribution in [0.25, 0.3) is 0 Å². The van der Waals surface area contributed by atoms with Gasteiger partial charge < -0.3 is 10.1 Å². The molecule has 1 aliphatic rings. The maximum absolute atomic E-state index is 5.55. The van der Waals surface area contributed by atoms with E-state index in [1.165, 1.54) is 11.1 Å². The highest BCUT2D eigenvalue weighted by molar-refractivity contribution is 5.40. The van der Waals surface area contributed by atoms with Crippen molar-refractivity contribution in [3.05, 3.63) is 29.3 Å². The summed E-state index contributed by atoms with van der Waals surface area (Å²) >= 11 is 0. The molecule has 2 unspecified atom stereocenters. The summed E-state index contributed by atoms with van der Waals surface area (Å²) in [5.74, 6) is 2.34. The van der Waals surface area contributed by atoms with Gasteiger partial charge in [-0.2, -0.15) is 0 Å². The van der Waals surface area contributed by atoms with Gasteiger partial charge in [-0.25, -0.2) is 0 Å². The fourth-order valence-electron chi connectivity index (χ4n) is 2.37. The number of benzene rings is 1. The summed E-state index contributed by atoms with van der Waals surface area (Å²) in [6, 6.07) is 6.68. The van der Waals surface area contributed by atoms with E-state index in [1.807, 2.05) is 0 Å². The van der Waals surface area contributed by atoms with E-state index in [2.05, 4.69) is 44.3 Å².